The van der Waals surface area contributed by atoms with Crippen LogP contribution in [0.4, 0.5) is 0 Å². The molecule has 0 bridgehead atoms. The molecule has 0 spiro atoms. The molecule has 0 aromatic heterocycles. The number of hydrogen-bond donors (Lipinski definition) is 0. The van der Waals surface area contributed by atoms with Gasteiger partial charge in [0.25, 0.3) is 0 Å². The van der Waals surface area contributed by atoms with Gasteiger partial charge in [0.1, 0.15) is 0 Å². The molecule has 2 fully saturated rings. The van der Waals surface area contributed by atoms with Crippen LogP contribution in [0, 0.1) is 11.8 Å². The summed E-state index contributed by atoms with van der Waals surface area (Å²) < 4.78 is 0. The van der Waals surface area contributed by atoms with Gasteiger partial charge < -0.3 is 9.62 Å². The Kier molecular flexibility index (Phi) is 4.78. The molecule has 0 unspecified atom stereocenters. The molecule has 4 heteroatoms. The Balaban J connectivity index is 1.60. The van der Waals surface area contributed by atoms with Gasteiger partial charge in [-0.1, -0.05) is 12.8 Å². The highest BCUT2D eigenvalue weighted by molar-refractivity contribution is 6.04. The van der Waals surface area contributed by atoms with Crippen LogP contribution in [-0.4, -0.2) is 51.8 Å². The van der Waals surface area contributed by atoms with Gasteiger partial charge in [-0.2, -0.15) is 0 Å². The van der Waals surface area contributed by atoms with E-state index in [1.54, 1.807) is 0 Å². The second kappa shape index (κ2) is 6.11. The number of hydrogen-bond acceptors (Lipinski definition) is 2. The van der Waals surface area contributed by atoms with Gasteiger partial charge in [0, 0.05) is 0 Å². The van der Waals surface area contributed by atoms with E-state index in [0.717, 1.165) is 38.0 Å². The van der Waals surface area contributed by atoms with Crippen LogP contribution in [-0.2, 0) is 0 Å². The Bertz CT molecular complexity index is 175. The smallest absolute Gasteiger partial charge is 0.182 e. The summed E-state index contributed by atoms with van der Waals surface area (Å²) >= 11 is 0. The minimum Gasteiger partial charge on any atom is -0.353 e. The normalized spacial score (nSPS) is 27.2. The first kappa shape index (κ1) is 12.5. The SMILES string of the molecule is [B]N1CCC(CCC2CCN([B])CC2)CC1. The van der Waals surface area contributed by atoms with Crippen molar-refractivity contribution in [2.24, 2.45) is 11.8 Å². The third-order valence-corrected chi connectivity index (χ3v) is 4.28. The van der Waals surface area contributed by atoms with Crippen LogP contribution in [0.1, 0.15) is 38.5 Å². The first-order valence-electron chi connectivity index (χ1n) is 6.73. The zero-order valence-corrected chi connectivity index (χ0v) is 10.3. The van der Waals surface area contributed by atoms with Crippen molar-refractivity contribution in [3.8, 4) is 0 Å². The van der Waals surface area contributed by atoms with Crippen LogP contribution in [0.3, 0.4) is 0 Å². The number of rotatable bonds is 3. The van der Waals surface area contributed by atoms with Crippen LogP contribution in [0.2, 0.25) is 0 Å². The average molecular weight is 216 g/mol. The maximum atomic E-state index is 5.77. The Labute approximate surface area is 103 Å². The molecule has 2 nitrogen and oxygen atoms in total. The van der Waals surface area contributed by atoms with Gasteiger partial charge in [-0.25, -0.2) is 0 Å². The van der Waals surface area contributed by atoms with Gasteiger partial charge >= 0.3 is 0 Å². The Morgan fingerprint density at radius 2 is 1.00 bits per heavy atom. The van der Waals surface area contributed by atoms with Crippen molar-refractivity contribution in [1.29, 1.82) is 0 Å². The minimum atomic E-state index is 0.927. The molecule has 0 N–H and O–H groups in total. The Morgan fingerprint density at radius 1 is 0.688 bits per heavy atom. The van der Waals surface area contributed by atoms with Gasteiger partial charge in [0.2, 0.25) is 0 Å². The Morgan fingerprint density at radius 3 is 1.31 bits per heavy atom. The van der Waals surface area contributed by atoms with Crippen molar-refractivity contribution in [1.82, 2.24) is 9.62 Å². The van der Waals surface area contributed by atoms with Crippen molar-refractivity contribution < 1.29 is 0 Å². The van der Waals surface area contributed by atoms with E-state index in [4.69, 9.17) is 16.0 Å². The van der Waals surface area contributed by atoms with Gasteiger partial charge in [-0.15, -0.1) is 0 Å². The third kappa shape index (κ3) is 3.81. The highest BCUT2D eigenvalue weighted by Crippen LogP contribution is 2.27. The van der Waals surface area contributed by atoms with E-state index in [0.29, 0.717) is 0 Å². The predicted octanol–water partition coefficient (Wildman–Crippen LogP) is 1.36. The molecule has 16 heavy (non-hydrogen) atoms. The molecule has 0 aliphatic carbocycles. The molecule has 2 heterocycles. The van der Waals surface area contributed by atoms with Gasteiger partial charge in [-0.3, -0.25) is 0 Å². The molecule has 86 valence electrons. The summed E-state index contributed by atoms with van der Waals surface area (Å²) in [5, 5.41) is 0. The first-order chi connectivity index (χ1) is 7.74. The number of piperidine rings is 2. The van der Waals surface area contributed by atoms with Gasteiger partial charge in [-0.05, 0) is 63.7 Å². The molecule has 0 atom stereocenters. The first-order valence-corrected chi connectivity index (χ1v) is 6.73. The quantitative estimate of drug-likeness (QED) is 0.657. The van der Waals surface area contributed by atoms with E-state index in [-0.39, 0.29) is 0 Å². The second-order valence-corrected chi connectivity index (χ2v) is 5.54. The van der Waals surface area contributed by atoms with Crippen LogP contribution in [0.25, 0.3) is 0 Å². The molecule has 4 radical (unpaired) electrons. The minimum absolute atomic E-state index is 0.927. The second-order valence-electron chi connectivity index (χ2n) is 5.54. The summed E-state index contributed by atoms with van der Waals surface area (Å²) in [6.45, 7) is 4.36. The molecule has 2 aliphatic heterocycles. The van der Waals surface area contributed by atoms with Crippen molar-refractivity contribution in [2.75, 3.05) is 26.2 Å². The van der Waals surface area contributed by atoms with E-state index < -0.39 is 0 Å². The Hall–Kier alpha value is 0.0499. The molecule has 0 aromatic carbocycles. The molecule has 2 saturated heterocycles. The standard InChI is InChI=1S/C12H22B2N2/c13-15-7-3-11(4-8-15)1-2-12-5-9-16(14)10-6-12/h11-12H,1-10H2. The molecular weight excluding hydrogens is 194 g/mol. The molecular formula is C12H22B2N2. The average Bonchev–Trinajstić information content (AvgIpc) is 2.30. The predicted molar refractivity (Wildman–Crippen MR) is 69.3 cm³/mol. The van der Waals surface area contributed by atoms with Crippen molar-refractivity contribution >= 4 is 16.0 Å². The van der Waals surface area contributed by atoms with Crippen molar-refractivity contribution in [3.63, 3.8) is 0 Å². The lowest BCUT2D eigenvalue weighted by Gasteiger charge is -2.33. The fourth-order valence-corrected chi connectivity index (χ4v) is 2.95. The van der Waals surface area contributed by atoms with Crippen LogP contribution in [0.15, 0.2) is 0 Å². The zero-order valence-electron chi connectivity index (χ0n) is 10.3. The highest BCUT2D eigenvalue weighted by Gasteiger charge is 2.20. The molecule has 2 aliphatic rings. The van der Waals surface area contributed by atoms with Gasteiger partial charge in [0.15, 0.2) is 16.0 Å². The molecule has 0 amide bonds. The van der Waals surface area contributed by atoms with Crippen LogP contribution in [0.5, 0.6) is 0 Å². The fraction of sp³-hybridized carbons (Fsp3) is 1.00. The van der Waals surface area contributed by atoms with Gasteiger partial charge in [0.05, 0.1) is 0 Å². The van der Waals surface area contributed by atoms with E-state index in [1.807, 2.05) is 9.62 Å². The van der Waals surface area contributed by atoms with E-state index >= 15 is 0 Å². The fourth-order valence-electron chi connectivity index (χ4n) is 2.95. The highest BCUT2D eigenvalue weighted by atomic mass is 15.0. The largest absolute Gasteiger partial charge is 0.353 e. The summed E-state index contributed by atoms with van der Waals surface area (Å²) in [5.41, 5.74) is 0. The van der Waals surface area contributed by atoms with E-state index in [2.05, 4.69) is 0 Å². The van der Waals surface area contributed by atoms with E-state index in [1.165, 1.54) is 38.5 Å². The monoisotopic (exact) mass is 216 g/mol. The molecule has 2 rings (SSSR count). The third-order valence-electron chi connectivity index (χ3n) is 4.28. The zero-order chi connectivity index (χ0) is 11.4. The summed E-state index contributed by atoms with van der Waals surface area (Å²) in [6.07, 6.45) is 8.00. The summed E-state index contributed by atoms with van der Waals surface area (Å²) in [5.74, 6) is 1.85. The summed E-state index contributed by atoms with van der Waals surface area (Å²) in [4.78, 5) is 3.92. The summed E-state index contributed by atoms with van der Waals surface area (Å²) in [6, 6.07) is 0. The lowest BCUT2D eigenvalue weighted by atomic mass is 9.84. The lowest BCUT2D eigenvalue weighted by molar-refractivity contribution is 0.224. The number of nitrogens with zero attached hydrogens (tertiary/aromatic N) is 2. The van der Waals surface area contributed by atoms with Crippen LogP contribution < -0.4 is 0 Å². The lowest BCUT2D eigenvalue weighted by Crippen LogP contribution is -2.33. The van der Waals surface area contributed by atoms with Crippen molar-refractivity contribution in [3.05, 3.63) is 0 Å². The summed E-state index contributed by atoms with van der Waals surface area (Å²) in [7, 11) is 11.5. The topological polar surface area (TPSA) is 6.48 Å². The van der Waals surface area contributed by atoms with Crippen molar-refractivity contribution in [2.45, 2.75) is 38.5 Å². The molecule has 0 saturated carbocycles. The van der Waals surface area contributed by atoms with Crippen LogP contribution >= 0.6 is 0 Å². The molecule has 0 aromatic rings. The maximum absolute atomic E-state index is 5.77. The van der Waals surface area contributed by atoms with E-state index in [9.17, 15) is 0 Å². The maximum Gasteiger partial charge on any atom is 0.182 e.